The van der Waals surface area contributed by atoms with Crippen molar-refractivity contribution in [1.29, 1.82) is 0 Å². The summed E-state index contributed by atoms with van der Waals surface area (Å²) in [6.45, 7) is 4.14. The third-order valence-electron chi connectivity index (χ3n) is 6.48. The Balaban J connectivity index is 1.34. The molecular weight excluding hydrogens is 454 g/mol. The van der Waals surface area contributed by atoms with E-state index < -0.39 is 5.25 Å². The summed E-state index contributed by atoms with van der Waals surface area (Å²) >= 11 is 3.19. The van der Waals surface area contributed by atoms with Gasteiger partial charge in [0.25, 0.3) is 0 Å². The van der Waals surface area contributed by atoms with Gasteiger partial charge in [-0.05, 0) is 55.9 Å². The molecule has 3 aromatic rings. The van der Waals surface area contributed by atoms with Crippen molar-refractivity contribution in [3.05, 3.63) is 40.8 Å². The maximum absolute atomic E-state index is 13.3. The highest BCUT2D eigenvalue weighted by molar-refractivity contribution is 8.00. The van der Waals surface area contributed by atoms with Crippen LogP contribution in [-0.4, -0.2) is 38.4 Å². The second-order valence-corrected chi connectivity index (χ2v) is 11.1. The number of anilines is 2. The Bertz CT molecular complexity index is 1220. The summed E-state index contributed by atoms with van der Waals surface area (Å²) in [6.07, 6.45) is 4.79. The van der Waals surface area contributed by atoms with Gasteiger partial charge in [0.1, 0.15) is 6.54 Å². The number of fused-ring (bicyclic) bond motifs is 2. The lowest BCUT2D eigenvalue weighted by atomic mass is 9.87. The van der Waals surface area contributed by atoms with Gasteiger partial charge in [-0.15, -0.1) is 21.5 Å². The molecule has 1 N–H and O–H groups in total. The molecule has 7 nitrogen and oxygen atoms in total. The molecule has 2 atom stereocenters. The average Bonchev–Trinajstić information content (AvgIpc) is 3.40. The van der Waals surface area contributed by atoms with Crippen molar-refractivity contribution in [2.75, 3.05) is 16.8 Å². The number of para-hydroxylation sites is 2. The van der Waals surface area contributed by atoms with Crippen LogP contribution in [0.25, 0.3) is 10.7 Å². The van der Waals surface area contributed by atoms with Crippen LogP contribution < -0.4 is 10.2 Å². The Hall–Kier alpha value is -2.65. The number of aryl methyl sites for hydroxylation is 1. The Morgan fingerprint density at radius 2 is 2.15 bits per heavy atom. The van der Waals surface area contributed by atoms with Crippen LogP contribution in [0, 0.1) is 5.92 Å². The van der Waals surface area contributed by atoms with Gasteiger partial charge in [-0.2, -0.15) is 0 Å². The highest BCUT2D eigenvalue weighted by Gasteiger charge is 2.31. The number of carbonyl (C=O) groups excluding carboxylic acids is 2. The lowest BCUT2D eigenvalue weighted by molar-refractivity contribution is -0.121. The number of thiophene rings is 1. The third kappa shape index (κ3) is 4.19. The SMILES string of the molecule is CC[C@@H]1CCc2sc(-c3nnc(S[C@@H](C)C(=O)N4CC(=O)Nc5ccccc54)n3C)cc2C1. The summed E-state index contributed by atoms with van der Waals surface area (Å²) in [6, 6.07) is 9.65. The number of nitrogens with zero attached hydrogens (tertiary/aromatic N) is 4. The molecule has 0 saturated heterocycles. The van der Waals surface area contributed by atoms with E-state index in [0.717, 1.165) is 35.1 Å². The van der Waals surface area contributed by atoms with Crippen molar-refractivity contribution >= 4 is 46.3 Å². The van der Waals surface area contributed by atoms with Crippen molar-refractivity contribution in [3.8, 4) is 10.7 Å². The third-order valence-corrected chi connectivity index (χ3v) is 8.84. The fourth-order valence-corrected chi connectivity index (χ4v) is 6.65. The van der Waals surface area contributed by atoms with Crippen molar-refractivity contribution < 1.29 is 9.59 Å². The molecule has 0 fully saturated rings. The predicted molar refractivity (Wildman–Crippen MR) is 133 cm³/mol. The number of amides is 2. The van der Waals surface area contributed by atoms with E-state index in [9.17, 15) is 9.59 Å². The Kier molecular flexibility index (Phi) is 6.01. The van der Waals surface area contributed by atoms with Gasteiger partial charge in [0, 0.05) is 11.9 Å². The molecule has 3 heterocycles. The van der Waals surface area contributed by atoms with Crippen LogP contribution in [0.1, 0.15) is 37.1 Å². The zero-order valence-electron chi connectivity index (χ0n) is 19.0. The maximum Gasteiger partial charge on any atom is 0.244 e. The quantitative estimate of drug-likeness (QED) is 0.542. The summed E-state index contributed by atoms with van der Waals surface area (Å²) in [5, 5.41) is 11.9. The smallest absolute Gasteiger partial charge is 0.244 e. The van der Waals surface area contributed by atoms with Crippen molar-refractivity contribution in [2.45, 2.75) is 49.9 Å². The van der Waals surface area contributed by atoms with Gasteiger partial charge in [0.15, 0.2) is 11.0 Å². The Labute approximate surface area is 201 Å². The molecule has 2 aliphatic rings. The lowest BCUT2D eigenvalue weighted by Crippen LogP contribution is -2.45. The van der Waals surface area contributed by atoms with Gasteiger partial charge in [0.2, 0.25) is 11.8 Å². The molecule has 0 saturated carbocycles. The summed E-state index contributed by atoms with van der Waals surface area (Å²) in [4.78, 5) is 29.5. The second-order valence-electron chi connectivity index (χ2n) is 8.69. The first kappa shape index (κ1) is 22.2. The largest absolute Gasteiger partial charge is 0.323 e. The number of rotatable bonds is 5. The van der Waals surface area contributed by atoms with E-state index in [1.807, 2.05) is 54.1 Å². The van der Waals surface area contributed by atoms with Gasteiger partial charge in [0.05, 0.1) is 21.5 Å². The Morgan fingerprint density at radius 1 is 1.33 bits per heavy atom. The highest BCUT2D eigenvalue weighted by Crippen LogP contribution is 2.38. The number of hydrogen-bond acceptors (Lipinski definition) is 6. The highest BCUT2D eigenvalue weighted by atomic mass is 32.2. The predicted octanol–water partition coefficient (Wildman–Crippen LogP) is 4.52. The minimum atomic E-state index is -0.415. The van der Waals surface area contributed by atoms with Crippen molar-refractivity contribution in [2.24, 2.45) is 13.0 Å². The van der Waals surface area contributed by atoms with Crippen molar-refractivity contribution in [3.63, 3.8) is 0 Å². The molecule has 2 aromatic heterocycles. The first-order chi connectivity index (χ1) is 15.9. The van der Waals surface area contributed by atoms with E-state index in [1.165, 1.54) is 35.0 Å². The molecule has 172 valence electrons. The number of aromatic nitrogens is 3. The standard InChI is InChI=1S/C24H27N5O2S2/c1-4-15-9-10-19-16(11-15)12-20(33-19)22-26-27-24(28(22)3)32-14(2)23(31)29-13-21(30)25-17-7-5-6-8-18(17)29/h5-8,12,14-15H,4,9-11,13H2,1-3H3,(H,25,30)/t14-,15+/m0/s1. The zero-order chi connectivity index (χ0) is 23.1. The summed E-state index contributed by atoms with van der Waals surface area (Å²) in [5.74, 6) is 1.31. The molecule has 5 rings (SSSR count). The molecule has 0 spiro atoms. The molecule has 33 heavy (non-hydrogen) atoms. The lowest BCUT2D eigenvalue weighted by Gasteiger charge is -2.30. The van der Waals surface area contributed by atoms with Gasteiger partial charge >= 0.3 is 0 Å². The van der Waals surface area contributed by atoms with Gasteiger partial charge in [-0.25, -0.2) is 0 Å². The summed E-state index contributed by atoms with van der Waals surface area (Å²) < 4.78 is 1.97. The molecule has 1 aliphatic carbocycles. The van der Waals surface area contributed by atoms with Crippen LogP contribution in [0.3, 0.4) is 0 Å². The van der Waals surface area contributed by atoms with Crippen LogP contribution in [0.15, 0.2) is 35.5 Å². The van der Waals surface area contributed by atoms with Crippen LogP contribution in [-0.2, 0) is 29.5 Å². The van der Waals surface area contributed by atoms with E-state index in [0.29, 0.717) is 10.8 Å². The molecule has 0 radical (unpaired) electrons. The number of hydrogen-bond donors (Lipinski definition) is 1. The van der Waals surface area contributed by atoms with Crippen molar-refractivity contribution in [1.82, 2.24) is 14.8 Å². The first-order valence-corrected chi connectivity index (χ1v) is 13.0. The van der Waals surface area contributed by atoms with Crippen LogP contribution in [0.2, 0.25) is 0 Å². The fraction of sp³-hybridized carbons (Fsp3) is 0.417. The summed E-state index contributed by atoms with van der Waals surface area (Å²) in [7, 11) is 1.95. The topological polar surface area (TPSA) is 80.1 Å². The van der Waals surface area contributed by atoms with Crippen LogP contribution in [0.5, 0.6) is 0 Å². The van der Waals surface area contributed by atoms with Crippen LogP contribution in [0.4, 0.5) is 11.4 Å². The van der Waals surface area contributed by atoms with Gasteiger partial charge < -0.3 is 9.88 Å². The zero-order valence-corrected chi connectivity index (χ0v) is 20.6. The molecule has 1 aromatic carbocycles. The minimum Gasteiger partial charge on any atom is -0.323 e. The fourth-order valence-electron chi connectivity index (χ4n) is 4.55. The molecule has 9 heteroatoms. The second kappa shape index (κ2) is 8.95. The molecular formula is C24H27N5O2S2. The van der Waals surface area contributed by atoms with Crippen LogP contribution >= 0.6 is 23.1 Å². The van der Waals surface area contributed by atoms with E-state index >= 15 is 0 Å². The Morgan fingerprint density at radius 3 is 2.97 bits per heavy atom. The molecule has 1 aliphatic heterocycles. The van der Waals surface area contributed by atoms with E-state index in [4.69, 9.17) is 0 Å². The molecule has 0 unspecified atom stereocenters. The molecule has 0 bridgehead atoms. The molecule has 2 amide bonds. The van der Waals surface area contributed by atoms with Gasteiger partial charge in [-0.1, -0.05) is 37.2 Å². The number of nitrogens with one attached hydrogen (secondary N) is 1. The van der Waals surface area contributed by atoms with E-state index in [-0.39, 0.29) is 18.4 Å². The maximum atomic E-state index is 13.3. The van der Waals surface area contributed by atoms with E-state index in [1.54, 1.807) is 4.90 Å². The van der Waals surface area contributed by atoms with E-state index in [2.05, 4.69) is 28.5 Å². The number of carbonyl (C=O) groups is 2. The number of benzene rings is 1. The first-order valence-electron chi connectivity index (χ1n) is 11.3. The number of thioether (sulfide) groups is 1. The minimum absolute atomic E-state index is 0.0182. The normalized spacial score (nSPS) is 18.5. The average molecular weight is 482 g/mol. The monoisotopic (exact) mass is 481 g/mol. The summed E-state index contributed by atoms with van der Waals surface area (Å²) in [5.41, 5.74) is 2.84. The van der Waals surface area contributed by atoms with Gasteiger partial charge in [-0.3, -0.25) is 14.5 Å².